The second-order valence-electron chi connectivity index (χ2n) is 2.92. The molecule has 1 unspecified atom stereocenters. The van der Waals surface area contributed by atoms with E-state index in [4.69, 9.17) is 14.7 Å². The van der Waals surface area contributed by atoms with E-state index < -0.39 is 15.6 Å². The number of allylic oxidation sites excluding steroid dienone is 1. The molecular weight excluding hydrogens is 258 g/mol. The summed E-state index contributed by atoms with van der Waals surface area (Å²) in [5.74, 6) is 0. The van der Waals surface area contributed by atoms with Gasteiger partial charge in [0.25, 0.3) is 0 Å². The van der Waals surface area contributed by atoms with Crippen LogP contribution in [0.4, 0.5) is 0 Å². The van der Waals surface area contributed by atoms with E-state index in [1.165, 1.54) is 0 Å². The van der Waals surface area contributed by atoms with E-state index in [-0.39, 0.29) is 6.61 Å². The van der Waals surface area contributed by atoms with Gasteiger partial charge in [-0.3, -0.25) is 4.52 Å². The molecule has 96 valence electrons. The summed E-state index contributed by atoms with van der Waals surface area (Å²) in [5, 5.41) is 0. The molecule has 1 atom stereocenters. The second-order valence-corrected chi connectivity index (χ2v) is 5.75. The Hall–Kier alpha value is -0.0000000000000000416. The smallest absolute Gasteiger partial charge is 0.302 e. The SMILES string of the molecule is C/C=C(\CC)CCOP(=O)(O)OP(=O)(O)O. The molecule has 0 saturated heterocycles. The lowest BCUT2D eigenvalue weighted by atomic mass is 10.1. The quantitative estimate of drug-likeness (QED) is 0.480. The van der Waals surface area contributed by atoms with Gasteiger partial charge < -0.3 is 14.7 Å². The highest BCUT2D eigenvalue weighted by Crippen LogP contribution is 2.57. The Morgan fingerprint density at radius 2 is 1.88 bits per heavy atom. The number of hydrogen-bond acceptors (Lipinski definition) is 4. The van der Waals surface area contributed by atoms with Crippen LogP contribution in [0.2, 0.25) is 0 Å². The topological polar surface area (TPSA) is 113 Å². The first-order valence-electron chi connectivity index (χ1n) is 4.58. The predicted molar refractivity (Wildman–Crippen MR) is 57.6 cm³/mol. The highest BCUT2D eigenvalue weighted by molar-refractivity contribution is 7.60. The van der Waals surface area contributed by atoms with Crippen molar-refractivity contribution in [2.75, 3.05) is 6.61 Å². The summed E-state index contributed by atoms with van der Waals surface area (Å²) in [6.45, 7) is 3.60. The lowest BCUT2D eigenvalue weighted by Crippen LogP contribution is -1.97. The molecule has 0 aromatic rings. The Bertz CT molecular complexity index is 332. The second kappa shape index (κ2) is 6.67. The van der Waals surface area contributed by atoms with Crippen molar-refractivity contribution in [1.29, 1.82) is 0 Å². The van der Waals surface area contributed by atoms with Gasteiger partial charge in [0.1, 0.15) is 0 Å². The molecule has 3 N–H and O–H groups in total. The Balaban J connectivity index is 4.11. The van der Waals surface area contributed by atoms with Crippen LogP contribution in [0.15, 0.2) is 11.6 Å². The third-order valence-electron chi connectivity index (χ3n) is 1.75. The molecule has 0 aliphatic carbocycles. The van der Waals surface area contributed by atoms with Crippen molar-refractivity contribution in [2.24, 2.45) is 0 Å². The van der Waals surface area contributed by atoms with Crippen LogP contribution in [0.25, 0.3) is 0 Å². The molecule has 0 fully saturated rings. The monoisotopic (exact) mass is 274 g/mol. The average Bonchev–Trinajstić information content (AvgIpc) is 2.08. The highest BCUT2D eigenvalue weighted by atomic mass is 31.3. The van der Waals surface area contributed by atoms with Crippen LogP contribution in [0.1, 0.15) is 26.7 Å². The summed E-state index contributed by atoms with van der Waals surface area (Å²) in [6, 6.07) is 0. The zero-order chi connectivity index (χ0) is 12.8. The molecule has 0 aromatic heterocycles. The van der Waals surface area contributed by atoms with Gasteiger partial charge in [0.15, 0.2) is 0 Å². The van der Waals surface area contributed by atoms with Gasteiger partial charge in [0.2, 0.25) is 0 Å². The number of rotatable bonds is 7. The molecule has 16 heavy (non-hydrogen) atoms. The van der Waals surface area contributed by atoms with Crippen molar-refractivity contribution in [3.8, 4) is 0 Å². The zero-order valence-electron chi connectivity index (χ0n) is 9.07. The van der Waals surface area contributed by atoms with Gasteiger partial charge in [-0.1, -0.05) is 18.6 Å². The van der Waals surface area contributed by atoms with Gasteiger partial charge in [-0.15, -0.1) is 0 Å². The Labute approximate surface area is 93.9 Å². The summed E-state index contributed by atoms with van der Waals surface area (Å²) in [6.07, 6.45) is 3.02. The molecule has 0 heterocycles. The normalized spacial score (nSPS) is 17.2. The molecule has 7 nitrogen and oxygen atoms in total. The molecular formula is C7H16O7P2. The van der Waals surface area contributed by atoms with Gasteiger partial charge in [-0.25, -0.2) is 9.13 Å². The fraction of sp³-hybridized carbons (Fsp3) is 0.714. The van der Waals surface area contributed by atoms with Crippen molar-refractivity contribution in [3.05, 3.63) is 11.6 Å². The van der Waals surface area contributed by atoms with Crippen LogP contribution in [0, 0.1) is 0 Å². The lowest BCUT2D eigenvalue weighted by Gasteiger charge is -2.12. The van der Waals surface area contributed by atoms with Crippen LogP contribution < -0.4 is 0 Å². The summed E-state index contributed by atoms with van der Waals surface area (Å²) in [5.41, 5.74) is 1.01. The summed E-state index contributed by atoms with van der Waals surface area (Å²) < 4.78 is 29.3. The van der Waals surface area contributed by atoms with Crippen LogP contribution in [0.3, 0.4) is 0 Å². The van der Waals surface area contributed by atoms with Crippen molar-refractivity contribution in [1.82, 2.24) is 0 Å². The highest BCUT2D eigenvalue weighted by Gasteiger charge is 2.31. The minimum atomic E-state index is -5.02. The predicted octanol–water partition coefficient (Wildman–Crippen LogP) is 1.96. The maximum Gasteiger partial charge on any atom is 0.481 e. The molecule has 0 rings (SSSR count). The van der Waals surface area contributed by atoms with Crippen LogP contribution in [0.5, 0.6) is 0 Å². The number of phosphoric acid groups is 2. The van der Waals surface area contributed by atoms with Crippen LogP contribution >= 0.6 is 15.6 Å². The molecule has 0 bridgehead atoms. The molecule has 0 aromatic carbocycles. The largest absolute Gasteiger partial charge is 0.481 e. The van der Waals surface area contributed by atoms with E-state index in [1.54, 1.807) is 0 Å². The van der Waals surface area contributed by atoms with E-state index >= 15 is 0 Å². The summed E-state index contributed by atoms with van der Waals surface area (Å²) in [7, 11) is -9.70. The van der Waals surface area contributed by atoms with Crippen molar-refractivity contribution in [3.63, 3.8) is 0 Å². The molecule has 0 saturated carbocycles. The fourth-order valence-electron chi connectivity index (χ4n) is 0.975. The molecule has 0 amide bonds. The van der Waals surface area contributed by atoms with Gasteiger partial charge in [0, 0.05) is 0 Å². The molecule has 0 aliphatic rings. The third-order valence-corrected chi connectivity index (χ3v) is 3.93. The van der Waals surface area contributed by atoms with E-state index in [0.29, 0.717) is 6.42 Å². The van der Waals surface area contributed by atoms with Crippen LogP contribution in [-0.2, 0) is 18.0 Å². The van der Waals surface area contributed by atoms with Gasteiger partial charge >= 0.3 is 15.6 Å². The third kappa shape index (κ3) is 8.19. The van der Waals surface area contributed by atoms with Gasteiger partial charge in [-0.05, 0) is 19.8 Å². The standard InChI is InChI=1S/C7H16O7P2/c1-3-7(4-2)5-6-13-16(11,12)14-15(8,9)10/h3H,4-6H2,1-2H3,(H,11,12)(H2,8,9,10)/b7-3+. The molecule has 9 heteroatoms. The number of phosphoric ester groups is 1. The first-order chi connectivity index (χ1) is 7.20. The minimum Gasteiger partial charge on any atom is -0.302 e. The van der Waals surface area contributed by atoms with Crippen molar-refractivity contribution in [2.45, 2.75) is 26.7 Å². The van der Waals surface area contributed by atoms with E-state index in [9.17, 15) is 9.13 Å². The Morgan fingerprint density at radius 1 is 1.31 bits per heavy atom. The Morgan fingerprint density at radius 3 is 2.25 bits per heavy atom. The van der Waals surface area contributed by atoms with E-state index in [2.05, 4.69) is 8.83 Å². The van der Waals surface area contributed by atoms with Gasteiger partial charge in [0.05, 0.1) is 6.61 Å². The lowest BCUT2D eigenvalue weighted by molar-refractivity contribution is 0.179. The van der Waals surface area contributed by atoms with E-state index in [1.807, 2.05) is 19.9 Å². The summed E-state index contributed by atoms with van der Waals surface area (Å²) >= 11 is 0. The maximum absolute atomic E-state index is 11.0. The van der Waals surface area contributed by atoms with Gasteiger partial charge in [-0.2, -0.15) is 4.31 Å². The van der Waals surface area contributed by atoms with Crippen LogP contribution in [-0.4, -0.2) is 21.3 Å². The molecule has 0 radical (unpaired) electrons. The van der Waals surface area contributed by atoms with Crippen molar-refractivity contribution >= 4 is 15.6 Å². The minimum absolute atomic E-state index is 0.138. The number of hydrogen-bond donors (Lipinski definition) is 3. The average molecular weight is 274 g/mol. The van der Waals surface area contributed by atoms with Crippen molar-refractivity contribution < 1.29 is 32.6 Å². The fourth-order valence-corrected chi connectivity index (χ4v) is 2.56. The zero-order valence-corrected chi connectivity index (χ0v) is 10.9. The first-order valence-corrected chi connectivity index (χ1v) is 7.61. The summed E-state index contributed by atoms with van der Waals surface area (Å²) in [4.78, 5) is 25.5. The maximum atomic E-state index is 11.0. The first kappa shape index (κ1) is 16.0. The van der Waals surface area contributed by atoms with E-state index in [0.717, 1.165) is 12.0 Å². The molecule has 0 aliphatic heterocycles. The Kier molecular flexibility index (Phi) is 6.67. The molecule has 0 spiro atoms.